The van der Waals surface area contributed by atoms with Gasteiger partial charge in [-0.2, -0.15) is 0 Å². The van der Waals surface area contributed by atoms with Crippen LogP contribution in [-0.2, 0) is 143 Å². The van der Waals surface area contributed by atoms with Crippen LogP contribution in [0, 0.1) is 16.2 Å². The molecular weight excluding hydrogens is 1810 g/mol. The molecule has 0 radical (unpaired) electrons. The van der Waals surface area contributed by atoms with Gasteiger partial charge in [0.25, 0.3) is 0 Å². The first-order valence-corrected chi connectivity index (χ1v) is 42.3. The fourth-order valence-electron chi connectivity index (χ4n) is 16.8. The van der Waals surface area contributed by atoms with Gasteiger partial charge < -0.3 is 105 Å². The van der Waals surface area contributed by atoms with Crippen LogP contribution < -0.4 is 0 Å². The lowest BCUT2D eigenvalue weighted by atomic mass is 9.83. The van der Waals surface area contributed by atoms with E-state index >= 15 is 0 Å². The number of hydrogen-bond donors (Lipinski definition) is 2. The highest BCUT2D eigenvalue weighted by Gasteiger charge is 2.62. The van der Waals surface area contributed by atoms with Crippen molar-refractivity contribution >= 4 is 59.6 Å². The number of hydrogen-bond acceptors (Lipinski definition) is 42. The largest absolute Gasteiger partial charge is 0.463 e. The van der Waals surface area contributed by atoms with E-state index in [1.165, 1.54) is 6.92 Å². The normalized spacial score (nSPS) is 35.7. The molecule has 1 unspecified atom stereocenters. The second kappa shape index (κ2) is 50.6. The van der Waals surface area contributed by atoms with Crippen LogP contribution in [0.5, 0.6) is 0 Å². The van der Waals surface area contributed by atoms with Crippen LogP contribution >= 0.6 is 0 Å². The number of esters is 9. The van der Waals surface area contributed by atoms with E-state index in [0.29, 0.717) is 25.7 Å². The molecule has 62 heteroatoms. The number of nitrogens with zero attached hydrogens (tertiary/aromatic N) is 30. The molecule has 6 aliphatic heterocycles. The second-order valence-electron chi connectivity index (χ2n) is 32.9. The topological polar surface area (TPSA) is 879 Å². The highest BCUT2D eigenvalue weighted by Crippen LogP contribution is 2.55. The van der Waals surface area contributed by atoms with E-state index in [-0.39, 0.29) is 48.2 Å². The van der Waals surface area contributed by atoms with Crippen molar-refractivity contribution in [1.82, 2.24) is 0 Å². The number of ether oxygens (including phenoxy) is 21. The van der Waals surface area contributed by atoms with Gasteiger partial charge in [-0.25, -0.2) is 0 Å². The zero-order chi connectivity index (χ0) is 99.3. The molecule has 0 bridgehead atoms. The summed E-state index contributed by atoms with van der Waals surface area (Å²) in [7, 11) is 0. The van der Waals surface area contributed by atoms with Crippen molar-refractivity contribution in [3.63, 3.8) is 0 Å². The number of aliphatic hydroxyl groups excluding tert-OH is 1. The first-order valence-electron chi connectivity index (χ1n) is 42.3. The van der Waals surface area contributed by atoms with Crippen molar-refractivity contribution in [2.45, 2.75) is 369 Å². The molecule has 135 heavy (non-hydrogen) atoms. The molecular formula is C73H103N31O31. The summed E-state index contributed by atoms with van der Waals surface area (Å²) in [5, 5.41) is 55.7. The van der Waals surface area contributed by atoms with Crippen LogP contribution in [0.25, 0.3) is 104 Å². The lowest BCUT2D eigenvalue weighted by molar-refractivity contribution is -0.295. The summed E-state index contributed by atoms with van der Waals surface area (Å²) in [5.41, 5.74) is 92.3. The Hall–Kier alpha value is -12.7. The fraction of sp³-hybridized carbons (Fsp3) is 0.863. The van der Waals surface area contributed by atoms with E-state index in [0.717, 1.165) is 88.0 Å². The van der Waals surface area contributed by atoms with Crippen LogP contribution in [0.4, 0.5) is 0 Å². The number of carbonyl (C=O) groups excluding carboxylic acids is 9. The van der Waals surface area contributed by atoms with Gasteiger partial charge in [0.05, 0.1) is 79.9 Å². The van der Waals surface area contributed by atoms with E-state index < -0.39 is 269 Å². The summed E-state index contributed by atoms with van der Waals surface area (Å²) in [6.07, 6.45) is -27.6. The average molecular weight is 1910 g/mol. The SMILES string of the molecule is CC(=N)OC1O[C@H](COC(C)=O)[C@@H](O[C@H]2O[C@@H](CN=[N+]=[N-])[C@@H](OC(C)=O)[C@H](OC(C)=O)[C@H]2N=[N+]=[N-])[C@H]1OC(C)=O.CC(=O)O[C@@H]1[C@@H](O)[C@H](O[C@H]2O[C@H](C3(C)CC3)CC[C@H]2N=[N+]=[N-])[C@@H](N=[N+]=[N-])C[C@H]1N=[N+]=[N-].CC[C@H]1O[C@@H](O[C@@H]2[C@@H](OC(C)=O)[C@H](N=[N+]=[N-])C[C@H](N=[N+]=[N-])[C@H]2O[C@H]2O[C@H](C3(C)CC3)CC[C@H]2N=[N+]=[N-])[C@H](OC(C)=O)[C@@H]1O[C@H]1O[C@@H](CN=[N+]=[N-])[C@@H](OC(C)=O)[C@H](OC(C)=O)[C@H]1N=[N+]=[N-]. The first kappa shape index (κ1) is 108. The highest BCUT2D eigenvalue weighted by atomic mass is 16.8. The second-order valence-corrected chi connectivity index (χ2v) is 32.9. The molecule has 4 saturated carbocycles. The molecule has 6 heterocycles. The van der Waals surface area contributed by atoms with Crippen LogP contribution in [0.2, 0.25) is 0 Å². The highest BCUT2D eigenvalue weighted by molar-refractivity contribution is 5.71. The van der Waals surface area contributed by atoms with Crippen molar-refractivity contribution in [2.75, 3.05) is 19.7 Å². The zero-order valence-corrected chi connectivity index (χ0v) is 75.1. The van der Waals surface area contributed by atoms with E-state index in [4.69, 9.17) is 133 Å². The van der Waals surface area contributed by atoms with Gasteiger partial charge in [0.15, 0.2) is 74.0 Å². The standard InChI is InChI=1S/C35H49N15O14.C21H29N7O12.C17H25N9O5/c1-7-21-27(63-33-24(45-50-40)29(57-16(4)53)28(56-15(3)52)22(60-33)13-41-46-36)31(58-17(5)54)34(59-21)64-30-25(55-14(2)51)19(43-48-38)12-20(44-49-39)26(30)62-32-18(42-47-37)8-9-23(61-32)35(6)10-11-35;1-8(22)34-21-19(37-12(5)32)17(14(39-21)7-33-9(2)29)40-20-15(26-28-24)18(36-11(4)31)16(35-10(3)30)13(38-20)6-25-27-23;1-8(27)29-14-10(22-25-19)7-11(23-26-20)15(13(14)28)31-16-9(21-24-18)3-4-12(30-16)17(2)5-6-17/h18-34H,7-13H2,1-6H3;13-22H,6-7H2,1-5H3;9-16,28H,3-7H2,1-2H3/t18-,19-,20+,21-,22+,23+,24-,25+,26-,27-,28-,29-,30-,31-,32-,33-,34+;13-,14+,15+,16+,17+,18+,19+,20+,21?;9-,10-,11+,12+,13-,14+,15-,16-/m101/s1. The molecule has 10 aliphatic rings. The lowest BCUT2D eigenvalue weighted by Crippen LogP contribution is -2.62. The molecule has 0 aromatic heterocycles. The number of rotatable bonds is 36. The van der Waals surface area contributed by atoms with E-state index in [1.807, 2.05) is 0 Å². The number of carbonyl (C=O) groups is 9. The summed E-state index contributed by atoms with van der Waals surface area (Å²) in [6, 6.07) is -8.89. The van der Waals surface area contributed by atoms with Crippen LogP contribution in [-0.4, -0.2) is 293 Å². The van der Waals surface area contributed by atoms with Crippen LogP contribution in [0.15, 0.2) is 51.1 Å². The van der Waals surface area contributed by atoms with Gasteiger partial charge in [-0.1, -0.05) is 71.9 Å². The van der Waals surface area contributed by atoms with Crippen LogP contribution in [0.1, 0.15) is 161 Å². The van der Waals surface area contributed by atoms with E-state index in [2.05, 4.69) is 114 Å². The maximum Gasteiger partial charge on any atom is 0.303 e. The summed E-state index contributed by atoms with van der Waals surface area (Å²) < 4.78 is 122. The summed E-state index contributed by atoms with van der Waals surface area (Å²) in [5.74, 6) is -7.50. The van der Waals surface area contributed by atoms with Gasteiger partial charge in [0.1, 0.15) is 73.6 Å². The third-order valence-electron chi connectivity index (χ3n) is 23.1. The first-order chi connectivity index (χ1) is 64.3. The van der Waals surface area contributed by atoms with Gasteiger partial charge in [0, 0.05) is 118 Å². The van der Waals surface area contributed by atoms with E-state index in [9.17, 15) is 75.9 Å². The predicted molar refractivity (Wildman–Crippen MR) is 442 cm³/mol. The molecule has 4 aliphatic carbocycles. The smallest absolute Gasteiger partial charge is 0.303 e. The molecule has 10 rings (SSSR count). The van der Waals surface area contributed by atoms with Gasteiger partial charge in [-0.05, 0) is 137 Å². The maximum atomic E-state index is 12.9. The van der Waals surface area contributed by atoms with Gasteiger partial charge in [-0.15, -0.1) is 0 Å². The summed E-state index contributed by atoms with van der Waals surface area (Å²) >= 11 is 0. The minimum Gasteiger partial charge on any atom is -0.463 e. The molecule has 2 N–H and O–H groups in total. The van der Waals surface area contributed by atoms with Crippen molar-refractivity contribution in [3.05, 3.63) is 104 Å². The predicted octanol–water partition coefficient (Wildman–Crippen LogP) is 10.1. The Bertz CT molecular complexity index is 4770. The minimum atomic E-state index is -1.70. The fourth-order valence-corrected chi connectivity index (χ4v) is 16.8. The number of azide groups is 10. The minimum absolute atomic E-state index is 0.00611. The molecule has 34 atom stereocenters. The molecule has 62 nitrogen and oxygen atoms in total. The Balaban J connectivity index is 0.000000269. The summed E-state index contributed by atoms with van der Waals surface area (Å²) in [4.78, 5) is 137. The third-order valence-corrected chi connectivity index (χ3v) is 23.1. The summed E-state index contributed by atoms with van der Waals surface area (Å²) in [6.45, 7) is 15.6. The van der Waals surface area contributed by atoms with Gasteiger partial charge >= 0.3 is 53.7 Å². The third kappa shape index (κ3) is 29.4. The quantitative estimate of drug-likeness (QED) is 0.0112. The molecule has 10 fully saturated rings. The Labute approximate surface area is 765 Å². The molecule has 0 aromatic carbocycles. The Kier molecular flexibility index (Phi) is 40.3. The Morgan fingerprint density at radius 3 is 1.02 bits per heavy atom. The van der Waals surface area contributed by atoms with E-state index in [1.54, 1.807) is 6.92 Å². The van der Waals surface area contributed by atoms with Gasteiger partial charge in [0.2, 0.25) is 6.29 Å². The van der Waals surface area contributed by atoms with Crippen molar-refractivity contribution < 1.29 is 148 Å². The van der Waals surface area contributed by atoms with Crippen molar-refractivity contribution in [3.8, 4) is 0 Å². The Morgan fingerprint density at radius 1 is 0.326 bits per heavy atom. The monoisotopic (exact) mass is 1910 g/mol. The molecule has 0 spiro atoms. The molecule has 736 valence electrons. The number of nitrogens with one attached hydrogen (secondary N) is 1. The van der Waals surface area contributed by atoms with Crippen molar-refractivity contribution in [1.29, 1.82) is 5.41 Å². The van der Waals surface area contributed by atoms with Gasteiger partial charge in [-0.3, -0.25) is 48.6 Å². The molecule has 6 saturated heterocycles. The molecule has 0 amide bonds. The Morgan fingerprint density at radius 2 is 0.644 bits per heavy atom. The lowest BCUT2D eigenvalue weighted by Gasteiger charge is -2.47. The van der Waals surface area contributed by atoms with Crippen molar-refractivity contribution in [2.24, 2.45) is 62.0 Å². The maximum absolute atomic E-state index is 12.9. The average Bonchev–Trinajstić information content (AvgIpc) is 1.72. The van der Waals surface area contributed by atoms with Crippen LogP contribution in [0.3, 0.4) is 0 Å². The zero-order valence-electron chi connectivity index (χ0n) is 75.1. The number of aliphatic hydroxyl groups is 1. The molecule has 0 aromatic rings.